The lowest BCUT2D eigenvalue weighted by atomic mass is 10.0. The van der Waals surface area contributed by atoms with E-state index in [1.165, 1.54) is 0 Å². The van der Waals surface area contributed by atoms with E-state index < -0.39 is 0 Å². The SMILES string of the molecule is CN(CCn1cccn1)C(=O)c1cn[nH]c1C1CCOC1. The topological polar surface area (TPSA) is 76.0 Å². The summed E-state index contributed by atoms with van der Waals surface area (Å²) in [5.74, 6) is 0.226. The quantitative estimate of drug-likeness (QED) is 0.886. The minimum atomic E-state index is -0.0159. The number of aromatic amines is 1. The molecule has 112 valence electrons. The zero-order valence-corrected chi connectivity index (χ0v) is 12.0. The van der Waals surface area contributed by atoms with E-state index in [2.05, 4.69) is 15.3 Å². The van der Waals surface area contributed by atoms with Crippen LogP contribution in [0.3, 0.4) is 0 Å². The van der Waals surface area contributed by atoms with Gasteiger partial charge in [0.1, 0.15) is 0 Å². The van der Waals surface area contributed by atoms with Crippen LogP contribution in [-0.4, -0.2) is 57.6 Å². The number of aromatic nitrogens is 4. The highest BCUT2D eigenvalue weighted by Gasteiger charge is 2.26. The Morgan fingerprint density at radius 1 is 1.62 bits per heavy atom. The van der Waals surface area contributed by atoms with Crippen LogP contribution in [0.5, 0.6) is 0 Å². The van der Waals surface area contributed by atoms with E-state index in [4.69, 9.17) is 4.74 Å². The number of carbonyl (C=O) groups is 1. The highest BCUT2D eigenvalue weighted by atomic mass is 16.5. The van der Waals surface area contributed by atoms with Gasteiger partial charge in [0.15, 0.2) is 0 Å². The molecule has 1 unspecified atom stereocenters. The summed E-state index contributed by atoms with van der Waals surface area (Å²) in [5, 5.41) is 11.1. The Hall–Kier alpha value is -2.15. The number of carbonyl (C=O) groups excluding carboxylic acids is 1. The molecule has 1 fully saturated rings. The molecule has 7 nitrogen and oxygen atoms in total. The molecule has 2 aromatic heterocycles. The van der Waals surface area contributed by atoms with Gasteiger partial charge in [0, 0.05) is 38.5 Å². The lowest BCUT2D eigenvalue weighted by molar-refractivity contribution is 0.0787. The van der Waals surface area contributed by atoms with Crippen molar-refractivity contribution in [2.24, 2.45) is 0 Å². The summed E-state index contributed by atoms with van der Waals surface area (Å²) in [6, 6.07) is 1.87. The van der Waals surface area contributed by atoms with Gasteiger partial charge in [-0.2, -0.15) is 10.2 Å². The predicted molar refractivity (Wildman–Crippen MR) is 76.0 cm³/mol. The fraction of sp³-hybridized carbons (Fsp3) is 0.500. The fourth-order valence-electron chi connectivity index (χ4n) is 2.53. The maximum atomic E-state index is 12.5. The minimum Gasteiger partial charge on any atom is -0.381 e. The summed E-state index contributed by atoms with van der Waals surface area (Å²) in [6.07, 6.45) is 6.16. The molecule has 0 radical (unpaired) electrons. The third-order valence-corrected chi connectivity index (χ3v) is 3.81. The molecule has 21 heavy (non-hydrogen) atoms. The molecule has 1 atom stereocenters. The molecular formula is C14H19N5O2. The molecule has 0 aliphatic carbocycles. The summed E-state index contributed by atoms with van der Waals surface area (Å²) >= 11 is 0. The first-order chi connectivity index (χ1) is 10.3. The average molecular weight is 289 g/mol. The smallest absolute Gasteiger partial charge is 0.257 e. The maximum absolute atomic E-state index is 12.5. The standard InChI is InChI=1S/C14H19N5O2/c1-18(6-7-19-5-2-4-16-19)14(20)12-9-15-17-13(12)11-3-8-21-10-11/h2,4-5,9,11H,3,6-8,10H2,1H3,(H,15,17). The first-order valence-electron chi connectivity index (χ1n) is 7.09. The zero-order valence-electron chi connectivity index (χ0n) is 12.0. The molecule has 0 bridgehead atoms. The van der Waals surface area contributed by atoms with Gasteiger partial charge >= 0.3 is 0 Å². The van der Waals surface area contributed by atoms with Gasteiger partial charge in [0.25, 0.3) is 5.91 Å². The second kappa shape index (κ2) is 6.09. The van der Waals surface area contributed by atoms with Crippen LogP contribution in [0.15, 0.2) is 24.7 Å². The lowest BCUT2D eigenvalue weighted by Crippen LogP contribution is -2.30. The molecular weight excluding hydrogens is 270 g/mol. The molecule has 0 aromatic carbocycles. The number of hydrogen-bond donors (Lipinski definition) is 1. The van der Waals surface area contributed by atoms with Gasteiger partial charge in [-0.3, -0.25) is 14.6 Å². The van der Waals surface area contributed by atoms with E-state index in [0.717, 1.165) is 18.7 Å². The van der Waals surface area contributed by atoms with Crippen LogP contribution >= 0.6 is 0 Å². The molecule has 3 heterocycles. The maximum Gasteiger partial charge on any atom is 0.257 e. The summed E-state index contributed by atoms with van der Waals surface area (Å²) < 4.78 is 7.20. The summed E-state index contributed by atoms with van der Waals surface area (Å²) in [5.41, 5.74) is 1.54. The van der Waals surface area contributed by atoms with Crippen molar-refractivity contribution in [2.75, 3.05) is 26.8 Å². The zero-order chi connectivity index (χ0) is 14.7. The number of nitrogens with one attached hydrogen (secondary N) is 1. The minimum absolute atomic E-state index is 0.0159. The van der Waals surface area contributed by atoms with Gasteiger partial charge in [0.05, 0.1) is 30.6 Å². The second-order valence-electron chi connectivity index (χ2n) is 5.25. The monoisotopic (exact) mass is 289 g/mol. The van der Waals surface area contributed by atoms with Crippen LogP contribution in [0, 0.1) is 0 Å². The van der Waals surface area contributed by atoms with Gasteiger partial charge in [0.2, 0.25) is 0 Å². The molecule has 3 rings (SSSR count). The number of ether oxygens (including phenoxy) is 1. The molecule has 1 aliphatic heterocycles. The summed E-state index contributed by atoms with van der Waals surface area (Å²) in [7, 11) is 1.80. The van der Waals surface area contributed by atoms with Crippen molar-refractivity contribution in [1.29, 1.82) is 0 Å². The van der Waals surface area contributed by atoms with Crippen molar-refractivity contribution >= 4 is 5.91 Å². The molecule has 1 saturated heterocycles. The van der Waals surface area contributed by atoms with Gasteiger partial charge in [-0.25, -0.2) is 0 Å². The van der Waals surface area contributed by atoms with E-state index in [0.29, 0.717) is 25.3 Å². The molecule has 1 aliphatic rings. The highest BCUT2D eigenvalue weighted by molar-refractivity contribution is 5.95. The van der Waals surface area contributed by atoms with E-state index in [1.54, 1.807) is 24.3 Å². The van der Waals surface area contributed by atoms with Crippen LogP contribution < -0.4 is 0 Å². The number of amides is 1. The van der Waals surface area contributed by atoms with Crippen molar-refractivity contribution in [3.05, 3.63) is 35.9 Å². The Bertz CT molecular complexity index is 586. The second-order valence-corrected chi connectivity index (χ2v) is 5.25. The van der Waals surface area contributed by atoms with Gasteiger partial charge < -0.3 is 9.64 Å². The van der Waals surface area contributed by atoms with E-state index >= 15 is 0 Å². The number of hydrogen-bond acceptors (Lipinski definition) is 4. The molecule has 0 spiro atoms. The normalized spacial score (nSPS) is 18.0. The van der Waals surface area contributed by atoms with Gasteiger partial charge in [-0.05, 0) is 12.5 Å². The van der Waals surface area contributed by atoms with E-state index in [1.807, 2.05) is 16.9 Å². The molecule has 1 N–H and O–H groups in total. The van der Waals surface area contributed by atoms with Crippen molar-refractivity contribution in [3.63, 3.8) is 0 Å². The van der Waals surface area contributed by atoms with Crippen LogP contribution in [0.25, 0.3) is 0 Å². The Labute approximate surface area is 122 Å². The molecule has 2 aromatic rings. The third-order valence-electron chi connectivity index (χ3n) is 3.81. The van der Waals surface area contributed by atoms with Crippen LogP contribution in [0.4, 0.5) is 0 Å². The van der Waals surface area contributed by atoms with Crippen LogP contribution in [-0.2, 0) is 11.3 Å². The number of rotatable bonds is 5. The largest absolute Gasteiger partial charge is 0.381 e. The highest BCUT2D eigenvalue weighted by Crippen LogP contribution is 2.26. The number of H-pyrrole nitrogens is 1. The molecule has 1 amide bonds. The van der Waals surface area contributed by atoms with Crippen LogP contribution in [0.2, 0.25) is 0 Å². The fourth-order valence-corrected chi connectivity index (χ4v) is 2.53. The van der Waals surface area contributed by atoms with Gasteiger partial charge in [-0.15, -0.1) is 0 Å². The lowest BCUT2D eigenvalue weighted by Gasteiger charge is -2.18. The molecule has 7 heteroatoms. The Morgan fingerprint density at radius 2 is 2.52 bits per heavy atom. The van der Waals surface area contributed by atoms with Gasteiger partial charge in [-0.1, -0.05) is 0 Å². The van der Waals surface area contributed by atoms with Crippen molar-refractivity contribution < 1.29 is 9.53 Å². The Kier molecular flexibility index (Phi) is 4.01. The van der Waals surface area contributed by atoms with Crippen molar-refractivity contribution in [2.45, 2.75) is 18.9 Å². The van der Waals surface area contributed by atoms with Crippen LogP contribution in [0.1, 0.15) is 28.4 Å². The summed E-state index contributed by atoms with van der Waals surface area (Å²) in [4.78, 5) is 14.2. The van der Waals surface area contributed by atoms with Crippen molar-refractivity contribution in [1.82, 2.24) is 24.9 Å². The number of likely N-dealkylation sites (N-methyl/N-ethyl adjacent to an activating group) is 1. The summed E-state index contributed by atoms with van der Waals surface area (Å²) in [6.45, 7) is 2.67. The average Bonchev–Trinajstić information content (AvgIpc) is 3.25. The Balaban J connectivity index is 1.65. The Morgan fingerprint density at radius 3 is 3.24 bits per heavy atom. The predicted octanol–water partition coefficient (Wildman–Crippen LogP) is 0.882. The molecule has 0 saturated carbocycles. The number of nitrogens with zero attached hydrogens (tertiary/aromatic N) is 4. The van der Waals surface area contributed by atoms with E-state index in [9.17, 15) is 4.79 Å². The first kappa shape index (κ1) is 13.8. The van der Waals surface area contributed by atoms with E-state index in [-0.39, 0.29) is 11.8 Å². The third kappa shape index (κ3) is 2.97. The van der Waals surface area contributed by atoms with Crippen molar-refractivity contribution in [3.8, 4) is 0 Å². The first-order valence-corrected chi connectivity index (χ1v) is 7.09.